The molecule has 0 aliphatic rings. The van der Waals surface area contributed by atoms with E-state index in [9.17, 15) is 22.8 Å². The number of carbonyl (C=O) groups is 1. The molecule has 0 fully saturated rings. The number of aromatic amines is 1. The summed E-state index contributed by atoms with van der Waals surface area (Å²) in [6, 6.07) is 4.53. The average molecular weight is 367 g/mol. The van der Waals surface area contributed by atoms with Gasteiger partial charge in [-0.25, -0.2) is 18.2 Å². The molecule has 2 aromatic rings. The van der Waals surface area contributed by atoms with Crippen LogP contribution in [0.25, 0.3) is 0 Å². The first-order valence-corrected chi connectivity index (χ1v) is 7.91. The molecule has 2 rings (SSSR count). The Morgan fingerprint density at radius 3 is 2.46 bits per heavy atom. The van der Waals surface area contributed by atoms with Crippen LogP contribution in [0.5, 0.6) is 0 Å². The van der Waals surface area contributed by atoms with Crippen molar-refractivity contribution < 1.29 is 18.0 Å². The number of hydrogen-bond donors (Lipinski definition) is 1. The third-order valence-corrected chi connectivity index (χ3v) is 4.06. The zero-order chi connectivity index (χ0) is 19.6. The van der Waals surface area contributed by atoms with Gasteiger partial charge in [0, 0.05) is 26.6 Å². The summed E-state index contributed by atoms with van der Waals surface area (Å²) in [6.07, 6.45) is -2.97. The molecule has 1 aromatic carbocycles. The van der Waals surface area contributed by atoms with Crippen molar-refractivity contribution in [3.05, 3.63) is 57.3 Å². The lowest BCUT2D eigenvalue weighted by atomic mass is 9.79. The number of Topliss-reactive ketones (excluding diaryl/α,β-unsaturated/α-hetero) is 1. The van der Waals surface area contributed by atoms with E-state index in [0.29, 0.717) is 5.56 Å². The summed E-state index contributed by atoms with van der Waals surface area (Å²) in [6.45, 7) is 3.39. The van der Waals surface area contributed by atoms with Crippen molar-refractivity contribution in [2.75, 3.05) is 19.0 Å². The quantitative estimate of drug-likeness (QED) is 0.794. The second-order valence-electron chi connectivity index (χ2n) is 6.87. The number of hydrogen-bond acceptors (Lipinski definition) is 4. The number of aromatic nitrogens is 2. The number of halogens is 3. The number of H-pyrrole nitrogens is 1. The first-order chi connectivity index (χ1) is 12.0. The first kappa shape index (κ1) is 19.7. The Kier molecular flexibility index (Phi) is 5.53. The van der Waals surface area contributed by atoms with Crippen LogP contribution in [0.4, 0.5) is 19.1 Å². The average Bonchev–Trinajstić information content (AvgIpc) is 2.53. The summed E-state index contributed by atoms with van der Waals surface area (Å²) >= 11 is 0. The number of nitrogens with one attached hydrogen (secondary N) is 1. The molecule has 5 nitrogen and oxygen atoms in total. The number of ketones is 1. The van der Waals surface area contributed by atoms with Gasteiger partial charge >= 0.3 is 0 Å². The Bertz CT molecular complexity index is 876. The standard InChI is InChI=1S/C18H20F3N3O2/c1-18(2,10-5-6-11(16(20)21)12(19)7-10)9-14(25)13-8-15(26)23-17(22-13)24(3)4/h5-8,16H,9H2,1-4H3,(H,22,23,26). The minimum absolute atomic E-state index is 0.00445. The Morgan fingerprint density at radius 2 is 1.92 bits per heavy atom. The largest absolute Gasteiger partial charge is 0.348 e. The molecule has 140 valence electrons. The highest BCUT2D eigenvalue weighted by molar-refractivity contribution is 5.95. The van der Waals surface area contributed by atoms with Crippen molar-refractivity contribution in [3.8, 4) is 0 Å². The maximum Gasteiger partial charge on any atom is 0.266 e. The van der Waals surface area contributed by atoms with E-state index >= 15 is 0 Å². The van der Waals surface area contributed by atoms with E-state index < -0.39 is 34.6 Å². The number of benzene rings is 1. The van der Waals surface area contributed by atoms with Crippen LogP contribution in [0.1, 0.15) is 48.3 Å². The molecular weight excluding hydrogens is 347 g/mol. The molecule has 1 N–H and O–H groups in total. The van der Waals surface area contributed by atoms with Crippen LogP contribution in [0.2, 0.25) is 0 Å². The summed E-state index contributed by atoms with van der Waals surface area (Å²) in [5.41, 5.74) is -1.57. The fourth-order valence-corrected chi connectivity index (χ4v) is 2.52. The molecule has 1 aromatic heterocycles. The number of nitrogens with zero attached hydrogens (tertiary/aromatic N) is 2. The fraction of sp³-hybridized carbons (Fsp3) is 0.389. The molecule has 0 saturated carbocycles. The van der Waals surface area contributed by atoms with Crippen LogP contribution < -0.4 is 10.5 Å². The van der Waals surface area contributed by atoms with E-state index in [1.807, 2.05) is 0 Å². The predicted molar refractivity (Wildman–Crippen MR) is 92.5 cm³/mol. The van der Waals surface area contributed by atoms with Gasteiger partial charge in [-0.2, -0.15) is 0 Å². The Labute approximate surface area is 148 Å². The molecule has 0 amide bonds. The monoisotopic (exact) mass is 367 g/mol. The topological polar surface area (TPSA) is 66.1 Å². The molecule has 0 aliphatic heterocycles. The van der Waals surface area contributed by atoms with Crippen LogP contribution >= 0.6 is 0 Å². The van der Waals surface area contributed by atoms with E-state index in [0.717, 1.165) is 18.2 Å². The highest BCUT2D eigenvalue weighted by atomic mass is 19.3. The second kappa shape index (κ2) is 7.31. The zero-order valence-corrected chi connectivity index (χ0v) is 14.9. The smallest absolute Gasteiger partial charge is 0.266 e. The van der Waals surface area contributed by atoms with Crippen molar-refractivity contribution >= 4 is 11.7 Å². The van der Waals surface area contributed by atoms with Gasteiger partial charge in [0.25, 0.3) is 12.0 Å². The van der Waals surface area contributed by atoms with Crippen molar-refractivity contribution in [2.45, 2.75) is 32.1 Å². The molecule has 26 heavy (non-hydrogen) atoms. The third-order valence-electron chi connectivity index (χ3n) is 4.06. The minimum Gasteiger partial charge on any atom is -0.348 e. The zero-order valence-electron chi connectivity index (χ0n) is 14.9. The number of alkyl halides is 2. The van der Waals surface area contributed by atoms with Gasteiger partial charge in [0.05, 0.1) is 5.56 Å². The molecule has 8 heteroatoms. The van der Waals surface area contributed by atoms with Crippen LogP contribution in [-0.2, 0) is 5.41 Å². The van der Waals surface area contributed by atoms with Crippen LogP contribution in [-0.4, -0.2) is 29.8 Å². The highest BCUT2D eigenvalue weighted by Gasteiger charge is 2.27. The molecule has 0 saturated heterocycles. The first-order valence-electron chi connectivity index (χ1n) is 7.91. The van der Waals surface area contributed by atoms with Gasteiger partial charge < -0.3 is 4.90 Å². The number of anilines is 1. The fourth-order valence-electron chi connectivity index (χ4n) is 2.52. The van der Waals surface area contributed by atoms with Gasteiger partial charge in [-0.15, -0.1) is 0 Å². The highest BCUT2D eigenvalue weighted by Crippen LogP contribution is 2.31. The van der Waals surface area contributed by atoms with Gasteiger partial charge in [-0.1, -0.05) is 26.0 Å². The van der Waals surface area contributed by atoms with E-state index in [-0.39, 0.29) is 18.1 Å². The molecule has 1 heterocycles. The lowest BCUT2D eigenvalue weighted by Crippen LogP contribution is -2.25. The maximum atomic E-state index is 13.9. The molecule has 0 spiro atoms. The SMILES string of the molecule is CN(C)c1nc(C(=O)CC(C)(C)c2ccc(C(F)F)c(F)c2)cc(=O)[nH]1. The van der Waals surface area contributed by atoms with Crippen LogP contribution in [0, 0.1) is 5.82 Å². The summed E-state index contributed by atoms with van der Waals surface area (Å²) in [4.78, 5) is 32.5. The molecule has 0 bridgehead atoms. The minimum atomic E-state index is -2.90. The van der Waals surface area contributed by atoms with E-state index in [2.05, 4.69) is 9.97 Å². The number of rotatable bonds is 6. The van der Waals surface area contributed by atoms with E-state index in [1.54, 1.807) is 32.8 Å². The normalized spacial score (nSPS) is 11.7. The molecule has 0 radical (unpaired) electrons. The summed E-state index contributed by atoms with van der Waals surface area (Å²) < 4.78 is 39.2. The Balaban J connectivity index is 2.30. The molecule has 0 aliphatic carbocycles. The van der Waals surface area contributed by atoms with Crippen molar-refractivity contribution in [1.82, 2.24) is 9.97 Å². The molecular formula is C18H20F3N3O2. The van der Waals surface area contributed by atoms with Gasteiger partial charge in [0.1, 0.15) is 11.5 Å². The van der Waals surface area contributed by atoms with Gasteiger partial charge in [-0.05, 0) is 17.0 Å². The Morgan fingerprint density at radius 1 is 1.27 bits per heavy atom. The van der Waals surface area contributed by atoms with Gasteiger partial charge in [-0.3, -0.25) is 14.6 Å². The summed E-state index contributed by atoms with van der Waals surface area (Å²) in [7, 11) is 3.34. The van der Waals surface area contributed by atoms with Crippen molar-refractivity contribution in [3.63, 3.8) is 0 Å². The number of carbonyl (C=O) groups excluding carboxylic acids is 1. The molecule has 0 atom stereocenters. The summed E-state index contributed by atoms with van der Waals surface area (Å²) in [5, 5.41) is 0. The molecule has 0 unspecified atom stereocenters. The van der Waals surface area contributed by atoms with Crippen LogP contribution in [0.3, 0.4) is 0 Å². The second-order valence-corrected chi connectivity index (χ2v) is 6.87. The maximum absolute atomic E-state index is 13.9. The van der Waals surface area contributed by atoms with E-state index in [4.69, 9.17) is 0 Å². The predicted octanol–water partition coefficient (Wildman–Crippen LogP) is 3.46. The lowest BCUT2D eigenvalue weighted by molar-refractivity contribution is 0.0952. The summed E-state index contributed by atoms with van der Waals surface area (Å²) in [5.74, 6) is -1.17. The lowest BCUT2D eigenvalue weighted by Gasteiger charge is -2.25. The van der Waals surface area contributed by atoms with Gasteiger partial charge in [0.15, 0.2) is 5.78 Å². The Hall–Kier alpha value is -2.64. The van der Waals surface area contributed by atoms with E-state index in [1.165, 1.54) is 6.07 Å². The van der Waals surface area contributed by atoms with Crippen molar-refractivity contribution in [1.29, 1.82) is 0 Å². The van der Waals surface area contributed by atoms with Crippen LogP contribution in [0.15, 0.2) is 29.1 Å². The van der Waals surface area contributed by atoms with Crippen molar-refractivity contribution in [2.24, 2.45) is 0 Å². The van der Waals surface area contributed by atoms with Gasteiger partial charge in [0.2, 0.25) is 5.95 Å². The third kappa shape index (κ3) is 4.30.